The van der Waals surface area contributed by atoms with Crippen LogP contribution in [0.2, 0.25) is 0 Å². The number of rotatable bonds is 3. The molecule has 1 N–H and O–H groups in total. The first-order chi connectivity index (χ1) is 8.84. The van der Waals surface area contributed by atoms with E-state index >= 15 is 0 Å². The third-order valence-corrected chi connectivity index (χ3v) is 5.20. The molecule has 104 valence electrons. The van der Waals surface area contributed by atoms with Crippen LogP contribution >= 0.6 is 11.3 Å². The standard InChI is InChI=1S/C17H25NS/c1-7-18-12(3)16-11(2)14-10-13(17(4,5)6)8-9-15(14)19-16/h8-10,12,18H,7H2,1-6H3. The van der Waals surface area contributed by atoms with Gasteiger partial charge in [-0.05, 0) is 54.5 Å². The fourth-order valence-electron chi connectivity index (χ4n) is 2.52. The molecule has 0 bridgehead atoms. The van der Waals surface area contributed by atoms with Crippen molar-refractivity contribution in [3.05, 3.63) is 34.2 Å². The Morgan fingerprint density at radius 3 is 2.53 bits per heavy atom. The van der Waals surface area contributed by atoms with Crippen LogP contribution in [0.1, 0.15) is 56.7 Å². The number of aryl methyl sites for hydroxylation is 1. The minimum atomic E-state index is 0.218. The Kier molecular flexibility index (Phi) is 4.03. The molecule has 0 aliphatic heterocycles. The van der Waals surface area contributed by atoms with E-state index in [1.54, 1.807) is 0 Å². The first-order valence-corrected chi connectivity index (χ1v) is 7.93. The summed E-state index contributed by atoms with van der Waals surface area (Å²) in [5.41, 5.74) is 3.08. The van der Waals surface area contributed by atoms with Crippen molar-refractivity contribution in [3.8, 4) is 0 Å². The summed E-state index contributed by atoms with van der Waals surface area (Å²) in [5, 5.41) is 4.95. The highest BCUT2D eigenvalue weighted by atomic mass is 32.1. The number of benzene rings is 1. The lowest BCUT2D eigenvalue weighted by atomic mass is 9.86. The molecule has 1 nitrogen and oxygen atoms in total. The van der Waals surface area contributed by atoms with E-state index in [4.69, 9.17) is 0 Å². The molecular weight excluding hydrogens is 250 g/mol. The topological polar surface area (TPSA) is 12.0 Å². The van der Waals surface area contributed by atoms with Crippen molar-refractivity contribution in [2.45, 2.75) is 53.0 Å². The molecule has 1 heterocycles. The van der Waals surface area contributed by atoms with Gasteiger partial charge in [-0.2, -0.15) is 0 Å². The van der Waals surface area contributed by atoms with Crippen LogP contribution in [0, 0.1) is 6.92 Å². The molecule has 19 heavy (non-hydrogen) atoms. The number of fused-ring (bicyclic) bond motifs is 1. The lowest BCUT2D eigenvalue weighted by molar-refractivity contribution is 0.591. The number of thiophene rings is 1. The van der Waals surface area contributed by atoms with Crippen LogP contribution in [0.15, 0.2) is 18.2 Å². The fourth-order valence-corrected chi connectivity index (χ4v) is 3.74. The van der Waals surface area contributed by atoms with Crippen molar-refractivity contribution in [2.75, 3.05) is 6.54 Å². The summed E-state index contributed by atoms with van der Waals surface area (Å²) in [7, 11) is 0. The van der Waals surface area contributed by atoms with Crippen LogP contribution in [0.4, 0.5) is 0 Å². The normalized spacial score (nSPS) is 14.0. The first kappa shape index (κ1) is 14.5. The average Bonchev–Trinajstić information content (AvgIpc) is 2.66. The average molecular weight is 275 g/mol. The Balaban J connectivity index is 2.52. The van der Waals surface area contributed by atoms with E-state index in [1.807, 2.05) is 11.3 Å². The van der Waals surface area contributed by atoms with Crippen LogP contribution in [0.25, 0.3) is 10.1 Å². The van der Waals surface area contributed by atoms with Crippen molar-refractivity contribution in [1.82, 2.24) is 5.32 Å². The zero-order valence-corrected chi connectivity index (χ0v) is 13.7. The maximum Gasteiger partial charge on any atom is 0.0389 e. The van der Waals surface area contributed by atoms with Gasteiger partial charge >= 0.3 is 0 Å². The van der Waals surface area contributed by atoms with Gasteiger partial charge in [-0.25, -0.2) is 0 Å². The highest BCUT2D eigenvalue weighted by Crippen LogP contribution is 2.37. The molecule has 0 amide bonds. The Hall–Kier alpha value is -0.860. The molecule has 1 atom stereocenters. The second-order valence-electron chi connectivity index (χ2n) is 6.33. The van der Waals surface area contributed by atoms with E-state index in [-0.39, 0.29) is 5.41 Å². The maximum absolute atomic E-state index is 3.52. The first-order valence-electron chi connectivity index (χ1n) is 7.11. The summed E-state index contributed by atoms with van der Waals surface area (Å²) >= 11 is 1.93. The summed E-state index contributed by atoms with van der Waals surface area (Å²) < 4.78 is 1.41. The van der Waals surface area contributed by atoms with Crippen LogP contribution < -0.4 is 5.32 Å². The summed E-state index contributed by atoms with van der Waals surface area (Å²) in [6.45, 7) is 14.5. The van der Waals surface area contributed by atoms with Gasteiger partial charge in [0.1, 0.15) is 0 Å². The summed E-state index contributed by atoms with van der Waals surface area (Å²) in [6.07, 6.45) is 0. The van der Waals surface area contributed by atoms with E-state index < -0.39 is 0 Å². The zero-order chi connectivity index (χ0) is 14.2. The van der Waals surface area contributed by atoms with Crippen molar-refractivity contribution >= 4 is 21.4 Å². The third kappa shape index (κ3) is 2.85. The van der Waals surface area contributed by atoms with Gasteiger partial charge in [0.2, 0.25) is 0 Å². The van der Waals surface area contributed by atoms with Crippen molar-refractivity contribution in [3.63, 3.8) is 0 Å². The predicted octanol–water partition coefficient (Wildman–Crippen LogP) is 5.18. The Morgan fingerprint density at radius 1 is 1.26 bits per heavy atom. The van der Waals surface area contributed by atoms with E-state index in [9.17, 15) is 0 Å². The molecule has 0 aliphatic carbocycles. The molecule has 0 spiro atoms. The molecular formula is C17H25NS. The Labute approximate surface area is 121 Å². The smallest absolute Gasteiger partial charge is 0.0389 e. The van der Waals surface area contributed by atoms with Gasteiger partial charge in [0.05, 0.1) is 0 Å². The van der Waals surface area contributed by atoms with Gasteiger partial charge in [-0.1, -0.05) is 33.8 Å². The third-order valence-electron chi connectivity index (χ3n) is 3.74. The molecule has 0 saturated heterocycles. The maximum atomic E-state index is 3.52. The van der Waals surface area contributed by atoms with Gasteiger partial charge in [0.25, 0.3) is 0 Å². The highest BCUT2D eigenvalue weighted by molar-refractivity contribution is 7.19. The second-order valence-corrected chi connectivity index (χ2v) is 7.42. The molecule has 1 aromatic carbocycles. The SMILES string of the molecule is CCNC(C)c1sc2ccc(C(C)(C)C)cc2c1C. The molecule has 0 fully saturated rings. The molecule has 2 rings (SSSR count). The monoisotopic (exact) mass is 275 g/mol. The van der Waals surface area contributed by atoms with Crippen molar-refractivity contribution in [1.29, 1.82) is 0 Å². The quantitative estimate of drug-likeness (QED) is 0.814. The number of hydrogen-bond donors (Lipinski definition) is 1. The Bertz CT molecular complexity index is 575. The van der Waals surface area contributed by atoms with Gasteiger partial charge in [-0.15, -0.1) is 11.3 Å². The molecule has 1 aromatic heterocycles. The largest absolute Gasteiger partial charge is 0.310 e. The number of hydrogen-bond acceptors (Lipinski definition) is 2. The van der Waals surface area contributed by atoms with Crippen LogP contribution in [0.5, 0.6) is 0 Å². The molecule has 0 aliphatic rings. The van der Waals surface area contributed by atoms with Gasteiger partial charge in [-0.3, -0.25) is 0 Å². The molecule has 0 saturated carbocycles. The minimum absolute atomic E-state index is 0.218. The predicted molar refractivity (Wildman–Crippen MR) is 87.4 cm³/mol. The summed E-state index contributed by atoms with van der Waals surface area (Å²) in [4.78, 5) is 1.47. The molecule has 2 aromatic rings. The Morgan fingerprint density at radius 2 is 1.95 bits per heavy atom. The summed E-state index contributed by atoms with van der Waals surface area (Å²) in [6, 6.07) is 7.39. The van der Waals surface area contributed by atoms with Crippen LogP contribution in [0.3, 0.4) is 0 Å². The lowest BCUT2D eigenvalue weighted by Crippen LogP contribution is -2.17. The van der Waals surface area contributed by atoms with E-state index in [0.717, 1.165) is 6.54 Å². The lowest BCUT2D eigenvalue weighted by Gasteiger charge is -2.19. The van der Waals surface area contributed by atoms with Gasteiger partial charge < -0.3 is 5.32 Å². The molecule has 1 unspecified atom stereocenters. The second kappa shape index (κ2) is 5.26. The zero-order valence-electron chi connectivity index (χ0n) is 12.9. The van der Waals surface area contributed by atoms with E-state index in [0.29, 0.717) is 6.04 Å². The molecule has 0 radical (unpaired) electrons. The van der Waals surface area contributed by atoms with Crippen molar-refractivity contribution in [2.24, 2.45) is 0 Å². The minimum Gasteiger partial charge on any atom is -0.310 e. The molecule has 2 heteroatoms. The van der Waals surface area contributed by atoms with E-state index in [2.05, 4.69) is 65.1 Å². The van der Waals surface area contributed by atoms with Crippen LogP contribution in [-0.2, 0) is 5.41 Å². The van der Waals surface area contributed by atoms with E-state index in [1.165, 1.54) is 26.1 Å². The summed E-state index contributed by atoms with van der Waals surface area (Å²) in [5.74, 6) is 0. The highest BCUT2D eigenvalue weighted by Gasteiger charge is 2.18. The fraction of sp³-hybridized carbons (Fsp3) is 0.529. The van der Waals surface area contributed by atoms with Gasteiger partial charge in [0.15, 0.2) is 0 Å². The van der Waals surface area contributed by atoms with Crippen molar-refractivity contribution < 1.29 is 0 Å². The number of nitrogens with one attached hydrogen (secondary N) is 1. The van der Waals surface area contributed by atoms with Gasteiger partial charge in [0, 0.05) is 15.6 Å². The van der Waals surface area contributed by atoms with Crippen LogP contribution in [-0.4, -0.2) is 6.54 Å².